The maximum absolute atomic E-state index is 13.6. The Balaban J connectivity index is 1.96. The minimum atomic E-state index is -1.32. The van der Waals surface area contributed by atoms with Crippen LogP contribution in [0.25, 0.3) is 0 Å². The standard InChI is InChI=1S/C20H21N3O3/c1-2-11-22-17-10-6-4-8-15(17)20(19(22)26)21-16-9-5-3-7-14(16)18(25)23(20)12-13-24/h3-10,21,24H,2,11-13H2,1H3/t20-/m0/s1. The van der Waals surface area contributed by atoms with Crippen molar-refractivity contribution in [3.63, 3.8) is 0 Å². The molecule has 0 aromatic heterocycles. The summed E-state index contributed by atoms with van der Waals surface area (Å²) in [6, 6.07) is 14.7. The summed E-state index contributed by atoms with van der Waals surface area (Å²) in [5, 5.41) is 12.9. The number of fused-ring (bicyclic) bond motifs is 3. The second kappa shape index (κ2) is 6.14. The molecule has 0 unspecified atom stereocenters. The number of hydrogen-bond acceptors (Lipinski definition) is 4. The summed E-state index contributed by atoms with van der Waals surface area (Å²) in [5.41, 5.74) is 1.37. The molecular formula is C20H21N3O3. The van der Waals surface area contributed by atoms with Crippen molar-refractivity contribution in [2.45, 2.75) is 19.0 Å². The molecule has 0 saturated carbocycles. The van der Waals surface area contributed by atoms with Gasteiger partial charge in [0, 0.05) is 24.3 Å². The minimum Gasteiger partial charge on any atom is -0.395 e. The second-order valence-electron chi connectivity index (χ2n) is 6.54. The van der Waals surface area contributed by atoms with E-state index in [9.17, 15) is 14.7 Å². The fourth-order valence-electron chi connectivity index (χ4n) is 3.97. The van der Waals surface area contributed by atoms with Gasteiger partial charge in [0.05, 0.1) is 17.9 Å². The quantitative estimate of drug-likeness (QED) is 0.885. The summed E-state index contributed by atoms with van der Waals surface area (Å²) >= 11 is 0. The zero-order valence-corrected chi connectivity index (χ0v) is 14.6. The van der Waals surface area contributed by atoms with Crippen molar-refractivity contribution in [3.8, 4) is 0 Å². The van der Waals surface area contributed by atoms with Crippen molar-refractivity contribution < 1.29 is 14.7 Å². The molecule has 2 amide bonds. The molecule has 0 radical (unpaired) electrons. The van der Waals surface area contributed by atoms with E-state index < -0.39 is 5.66 Å². The molecule has 1 atom stereocenters. The smallest absolute Gasteiger partial charge is 0.278 e. The van der Waals surface area contributed by atoms with E-state index in [-0.39, 0.29) is 25.0 Å². The summed E-state index contributed by atoms with van der Waals surface area (Å²) in [7, 11) is 0. The first-order chi connectivity index (χ1) is 12.6. The van der Waals surface area contributed by atoms with Crippen molar-refractivity contribution in [3.05, 3.63) is 59.7 Å². The molecule has 4 rings (SSSR count). The summed E-state index contributed by atoms with van der Waals surface area (Å²) in [6.45, 7) is 2.43. The lowest BCUT2D eigenvalue weighted by Gasteiger charge is -2.44. The molecule has 26 heavy (non-hydrogen) atoms. The Hall–Kier alpha value is -2.86. The molecule has 2 N–H and O–H groups in total. The summed E-state index contributed by atoms with van der Waals surface area (Å²) < 4.78 is 0. The molecule has 134 valence electrons. The van der Waals surface area contributed by atoms with E-state index in [4.69, 9.17) is 0 Å². The van der Waals surface area contributed by atoms with Crippen LogP contribution < -0.4 is 10.2 Å². The lowest BCUT2D eigenvalue weighted by atomic mass is 9.93. The zero-order valence-electron chi connectivity index (χ0n) is 14.6. The molecule has 2 aromatic carbocycles. The predicted molar refractivity (Wildman–Crippen MR) is 99.0 cm³/mol. The average Bonchev–Trinajstić information content (AvgIpc) is 2.89. The number of carbonyl (C=O) groups is 2. The highest BCUT2D eigenvalue weighted by atomic mass is 16.3. The Kier molecular flexibility index (Phi) is 3.92. The van der Waals surface area contributed by atoms with E-state index in [1.807, 2.05) is 43.3 Å². The van der Waals surface area contributed by atoms with Crippen molar-refractivity contribution in [1.82, 2.24) is 4.90 Å². The number of aliphatic hydroxyl groups is 1. The predicted octanol–water partition coefficient (Wildman–Crippen LogP) is 2.16. The molecule has 0 fully saturated rings. The number of benzene rings is 2. The Morgan fingerprint density at radius 3 is 2.54 bits per heavy atom. The number of rotatable bonds is 4. The number of aliphatic hydroxyl groups excluding tert-OH is 1. The van der Waals surface area contributed by atoms with E-state index in [2.05, 4.69) is 5.32 Å². The first-order valence-corrected chi connectivity index (χ1v) is 8.86. The van der Waals surface area contributed by atoms with Gasteiger partial charge in [-0.05, 0) is 24.6 Å². The van der Waals surface area contributed by atoms with Gasteiger partial charge >= 0.3 is 0 Å². The van der Waals surface area contributed by atoms with Gasteiger partial charge in [-0.25, -0.2) is 0 Å². The third kappa shape index (κ3) is 2.08. The van der Waals surface area contributed by atoms with Gasteiger partial charge in [-0.2, -0.15) is 0 Å². The Bertz CT molecular complexity index is 882. The third-order valence-electron chi connectivity index (χ3n) is 5.03. The third-order valence-corrected chi connectivity index (χ3v) is 5.03. The molecule has 2 aliphatic rings. The highest BCUT2D eigenvalue weighted by molar-refractivity contribution is 6.15. The maximum atomic E-state index is 13.6. The first-order valence-electron chi connectivity index (χ1n) is 8.86. The molecule has 0 bridgehead atoms. The number of carbonyl (C=O) groups excluding carboxylic acids is 2. The topological polar surface area (TPSA) is 72.9 Å². The number of nitrogens with zero attached hydrogens (tertiary/aromatic N) is 2. The molecule has 2 heterocycles. The number of β-amino-alcohol motifs (C(OH)–C–C–N with tert-alkyl or cyclic N) is 1. The van der Waals surface area contributed by atoms with Crippen LogP contribution in [0, 0.1) is 0 Å². The lowest BCUT2D eigenvalue weighted by molar-refractivity contribution is -0.127. The fourth-order valence-corrected chi connectivity index (χ4v) is 3.97. The van der Waals surface area contributed by atoms with Gasteiger partial charge in [-0.15, -0.1) is 0 Å². The summed E-state index contributed by atoms with van der Waals surface area (Å²) in [6.07, 6.45) is 0.806. The maximum Gasteiger partial charge on any atom is 0.278 e. The number of hydrogen-bond donors (Lipinski definition) is 2. The van der Waals surface area contributed by atoms with Gasteiger partial charge in [0.2, 0.25) is 5.66 Å². The monoisotopic (exact) mass is 351 g/mol. The van der Waals surface area contributed by atoms with Crippen molar-refractivity contribution >= 4 is 23.2 Å². The van der Waals surface area contributed by atoms with Gasteiger partial charge in [0.15, 0.2) is 0 Å². The van der Waals surface area contributed by atoms with Crippen LogP contribution in [0.1, 0.15) is 29.3 Å². The number of nitrogens with one attached hydrogen (secondary N) is 1. The largest absolute Gasteiger partial charge is 0.395 e. The summed E-state index contributed by atoms with van der Waals surface area (Å²) in [4.78, 5) is 29.9. The number of anilines is 2. The van der Waals surface area contributed by atoms with Crippen LogP contribution in [0.15, 0.2) is 48.5 Å². The number of amides is 2. The van der Waals surface area contributed by atoms with Gasteiger partial charge in [0.1, 0.15) is 0 Å². The van der Waals surface area contributed by atoms with Crippen LogP contribution in [0.5, 0.6) is 0 Å². The van der Waals surface area contributed by atoms with E-state index in [1.165, 1.54) is 4.90 Å². The van der Waals surface area contributed by atoms with E-state index in [0.29, 0.717) is 17.8 Å². The summed E-state index contributed by atoms with van der Waals surface area (Å²) in [5.74, 6) is -0.438. The minimum absolute atomic E-state index is 0.0696. The van der Waals surface area contributed by atoms with Crippen LogP contribution in [-0.2, 0) is 10.5 Å². The molecule has 6 heteroatoms. The Morgan fingerprint density at radius 2 is 1.77 bits per heavy atom. The molecule has 0 saturated heterocycles. The molecule has 2 aliphatic heterocycles. The van der Waals surface area contributed by atoms with Crippen LogP contribution in [-0.4, -0.2) is 41.5 Å². The van der Waals surface area contributed by atoms with E-state index in [1.54, 1.807) is 17.0 Å². The highest BCUT2D eigenvalue weighted by Gasteiger charge is 2.58. The van der Waals surface area contributed by atoms with Crippen LogP contribution >= 0.6 is 0 Å². The first kappa shape index (κ1) is 16.6. The Morgan fingerprint density at radius 1 is 1.04 bits per heavy atom. The van der Waals surface area contributed by atoms with Gasteiger partial charge in [-0.1, -0.05) is 37.3 Å². The van der Waals surface area contributed by atoms with Crippen molar-refractivity contribution in [1.29, 1.82) is 0 Å². The van der Waals surface area contributed by atoms with E-state index >= 15 is 0 Å². The molecule has 2 aromatic rings. The van der Waals surface area contributed by atoms with Crippen LogP contribution in [0.3, 0.4) is 0 Å². The van der Waals surface area contributed by atoms with Gasteiger partial charge < -0.3 is 20.2 Å². The SMILES string of the molecule is CCCN1C(=O)[C@]2(Nc3ccccc3C(=O)N2CCO)c2ccccc21. The fraction of sp³-hybridized carbons (Fsp3) is 0.300. The number of para-hydroxylation sites is 2. The van der Waals surface area contributed by atoms with E-state index in [0.717, 1.165) is 17.7 Å². The molecule has 1 spiro atoms. The molecule has 0 aliphatic carbocycles. The average molecular weight is 351 g/mol. The van der Waals surface area contributed by atoms with Crippen LogP contribution in [0.2, 0.25) is 0 Å². The van der Waals surface area contributed by atoms with Crippen LogP contribution in [0.4, 0.5) is 11.4 Å². The molecule has 6 nitrogen and oxygen atoms in total. The zero-order chi connectivity index (χ0) is 18.3. The normalized spacial score (nSPS) is 21.0. The lowest BCUT2D eigenvalue weighted by Crippen LogP contribution is -2.63. The Labute approximate surface area is 152 Å². The second-order valence-corrected chi connectivity index (χ2v) is 6.54. The van der Waals surface area contributed by atoms with Gasteiger partial charge in [-0.3, -0.25) is 9.59 Å². The van der Waals surface area contributed by atoms with Crippen molar-refractivity contribution in [2.75, 3.05) is 29.9 Å². The van der Waals surface area contributed by atoms with Gasteiger partial charge in [0.25, 0.3) is 11.8 Å². The highest BCUT2D eigenvalue weighted by Crippen LogP contribution is 2.47. The molecular weight excluding hydrogens is 330 g/mol. The van der Waals surface area contributed by atoms with Crippen molar-refractivity contribution in [2.24, 2.45) is 0 Å².